The third-order valence-corrected chi connectivity index (χ3v) is 5.70. The van der Waals surface area contributed by atoms with Crippen molar-refractivity contribution in [2.75, 3.05) is 14.2 Å². The SMILES string of the molecule is CCC(CC)c1cc(C)n2nc(-c3ccc(OC)cc3C)n(CC(=O)OC)c(=O)c12. The van der Waals surface area contributed by atoms with E-state index in [2.05, 4.69) is 13.8 Å². The van der Waals surface area contributed by atoms with E-state index in [1.165, 1.54) is 11.7 Å². The molecule has 0 fully saturated rings. The number of ether oxygens (including phenoxy) is 2. The number of benzene rings is 1. The van der Waals surface area contributed by atoms with Crippen molar-refractivity contribution in [3.63, 3.8) is 0 Å². The van der Waals surface area contributed by atoms with E-state index >= 15 is 0 Å². The molecule has 2 heterocycles. The Morgan fingerprint density at radius 2 is 1.83 bits per heavy atom. The van der Waals surface area contributed by atoms with E-state index in [1.807, 2.05) is 38.1 Å². The molecule has 0 radical (unpaired) electrons. The second-order valence-corrected chi connectivity index (χ2v) is 7.49. The van der Waals surface area contributed by atoms with Crippen LogP contribution >= 0.6 is 0 Å². The number of fused-ring (bicyclic) bond motifs is 1. The van der Waals surface area contributed by atoms with Crippen LogP contribution in [0.3, 0.4) is 0 Å². The molecule has 0 amide bonds. The second kappa shape index (κ2) is 8.73. The Morgan fingerprint density at radius 3 is 2.40 bits per heavy atom. The zero-order valence-corrected chi connectivity index (χ0v) is 18.5. The highest BCUT2D eigenvalue weighted by Crippen LogP contribution is 2.30. The van der Waals surface area contributed by atoms with E-state index in [9.17, 15) is 9.59 Å². The standard InChI is InChI=1S/C23H29N3O4/c1-7-16(8-2)19-12-15(4)26-21(19)23(28)25(13-20(27)30-6)22(24-26)18-10-9-17(29-5)11-14(18)3/h9-12,16H,7-8,13H2,1-6H3. The third kappa shape index (κ3) is 3.72. The van der Waals surface area contributed by atoms with Gasteiger partial charge in [-0.2, -0.15) is 0 Å². The Bertz CT molecular complexity index is 1140. The number of carbonyl (C=O) groups excluding carboxylic acids is 1. The summed E-state index contributed by atoms with van der Waals surface area (Å²) in [5.74, 6) is 0.895. The fourth-order valence-corrected chi connectivity index (χ4v) is 3.96. The first-order valence-electron chi connectivity index (χ1n) is 10.2. The number of nitrogens with zero attached hydrogens (tertiary/aromatic N) is 3. The molecule has 7 heteroatoms. The van der Waals surface area contributed by atoms with Gasteiger partial charge in [-0.1, -0.05) is 13.8 Å². The van der Waals surface area contributed by atoms with E-state index in [4.69, 9.17) is 14.6 Å². The number of esters is 1. The molecule has 0 aliphatic rings. The second-order valence-electron chi connectivity index (χ2n) is 7.49. The van der Waals surface area contributed by atoms with Crippen LogP contribution in [0.4, 0.5) is 0 Å². The van der Waals surface area contributed by atoms with Gasteiger partial charge in [0.1, 0.15) is 17.8 Å². The number of rotatable bonds is 7. The number of aryl methyl sites for hydroxylation is 2. The van der Waals surface area contributed by atoms with Crippen molar-refractivity contribution >= 4 is 11.5 Å². The lowest BCUT2D eigenvalue weighted by Crippen LogP contribution is -2.30. The zero-order valence-electron chi connectivity index (χ0n) is 18.5. The van der Waals surface area contributed by atoms with E-state index < -0.39 is 5.97 Å². The first kappa shape index (κ1) is 21.6. The molecule has 0 atom stereocenters. The molecule has 2 aromatic heterocycles. The summed E-state index contributed by atoms with van der Waals surface area (Å²) in [6.45, 7) is 7.90. The fraction of sp³-hybridized carbons (Fsp3) is 0.435. The van der Waals surface area contributed by atoms with Gasteiger partial charge < -0.3 is 9.47 Å². The average molecular weight is 412 g/mol. The number of hydrogen-bond donors (Lipinski definition) is 0. The van der Waals surface area contributed by atoms with Crippen LogP contribution in [0.1, 0.15) is 49.4 Å². The molecule has 30 heavy (non-hydrogen) atoms. The first-order valence-corrected chi connectivity index (χ1v) is 10.2. The number of methoxy groups -OCH3 is 2. The highest BCUT2D eigenvalue weighted by Gasteiger charge is 2.23. The molecule has 7 nitrogen and oxygen atoms in total. The van der Waals surface area contributed by atoms with Crippen LogP contribution in [0.25, 0.3) is 16.9 Å². The third-order valence-electron chi connectivity index (χ3n) is 5.70. The lowest BCUT2D eigenvalue weighted by Gasteiger charge is -2.16. The van der Waals surface area contributed by atoms with Crippen molar-refractivity contribution in [2.45, 2.75) is 53.0 Å². The van der Waals surface area contributed by atoms with Gasteiger partial charge in [0.2, 0.25) is 0 Å². The minimum absolute atomic E-state index is 0.202. The highest BCUT2D eigenvalue weighted by atomic mass is 16.5. The molecule has 3 aromatic rings. The Kier molecular flexibility index (Phi) is 6.29. The van der Waals surface area contributed by atoms with Crippen LogP contribution in [0.5, 0.6) is 5.75 Å². The summed E-state index contributed by atoms with van der Waals surface area (Å²) in [5.41, 5.74) is 3.81. The molecule has 0 saturated heterocycles. The predicted octanol–water partition coefficient (Wildman–Crippen LogP) is 3.87. The topological polar surface area (TPSA) is 74.8 Å². The molecule has 0 spiro atoms. The van der Waals surface area contributed by atoms with Crippen LogP contribution in [0.2, 0.25) is 0 Å². The summed E-state index contributed by atoms with van der Waals surface area (Å²) in [5, 5.41) is 4.81. The molecular formula is C23H29N3O4. The maximum Gasteiger partial charge on any atom is 0.325 e. The van der Waals surface area contributed by atoms with E-state index in [-0.39, 0.29) is 18.0 Å². The molecule has 3 rings (SSSR count). The maximum absolute atomic E-state index is 13.6. The van der Waals surface area contributed by atoms with Crippen LogP contribution in [0, 0.1) is 13.8 Å². The number of carbonyl (C=O) groups is 1. The van der Waals surface area contributed by atoms with E-state index in [0.717, 1.165) is 35.2 Å². The molecule has 0 aliphatic heterocycles. The van der Waals surface area contributed by atoms with Crippen molar-refractivity contribution in [1.29, 1.82) is 0 Å². The lowest BCUT2D eigenvalue weighted by atomic mass is 9.95. The van der Waals surface area contributed by atoms with Crippen molar-refractivity contribution in [2.24, 2.45) is 0 Å². The van der Waals surface area contributed by atoms with E-state index in [0.29, 0.717) is 17.1 Å². The summed E-state index contributed by atoms with van der Waals surface area (Å²) < 4.78 is 13.3. The van der Waals surface area contributed by atoms with Crippen LogP contribution < -0.4 is 10.3 Å². The molecular weight excluding hydrogens is 382 g/mol. The summed E-state index contributed by atoms with van der Waals surface area (Å²) in [4.78, 5) is 25.8. The number of hydrogen-bond acceptors (Lipinski definition) is 5. The van der Waals surface area contributed by atoms with Gasteiger partial charge >= 0.3 is 5.97 Å². The van der Waals surface area contributed by atoms with Gasteiger partial charge in [0, 0.05) is 11.3 Å². The first-order chi connectivity index (χ1) is 14.4. The largest absolute Gasteiger partial charge is 0.497 e. The quantitative estimate of drug-likeness (QED) is 0.552. The molecule has 0 aliphatic carbocycles. The van der Waals surface area contributed by atoms with Gasteiger partial charge in [-0.3, -0.25) is 14.2 Å². The maximum atomic E-state index is 13.6. The molecule has 0 N–H and O–H groups in total. The average Bonchev–Trinajstić information content (AvgIpc) is 3.07. The monoisotopic (exact) mass is 411 g/mol. The Balaban J connectivity index is 2.37. The number of aromatic nitrogens is 3. The predicted molar refractivity (Wildman–Crippen MR) is 116 cm³/mol. The summed E-state index contributed by atoms with van der Waals surface area (Å²) >= 11 is 0. The summed E-state index contributed by atoms with van der Waals surface area (Å²) in [7, 11) is 2.92. The fourth-order valence-electron chi connectivity index (χ4n) is 3.96. The Labute approximate surface area is 176 Å². The minimum atomic E-state index is -0.497. The lowest BCUT2D eigenvalue weighted by molar-refractivity contribution is -0.141. The molecule has 160 valence electrons. The molecule has 0 saturated carbocycles. The molecule has 0 bridgehead atoms. The van der Waals surface area contributed by atoms with Crippen LogP contribution in [-0.4, -0.2) is 34.4 Å². The normalized spacial score (nSPS) is 11.3. The van der Waals surface area contributed by atoms with Crippen molar-refractivity contribution in [3.8, 4) is 17.1 Å². The highest BCUT2D eigenvalue weighted by molar-refractivity contribution is 5.72. The zero-order chi connectivity index (χ0) is 22.0. The van der Waals surface area contributed by atoms with Crippen LogP contribution in [-0.2, 0) is 16.1 Å². The summed E-state index contributed by atoms with van der Waals surface area (Å²) in [6.07, 6.45) is 1.84. The van der Waals surface area contributed by atoms with Gasteiger partial charge in [-0.25, -0.2) is 4.52 Å². The van der Waals surface area contributed by atoms with E-state index in [1.54, 1.807) is 11.6 Å². The van der Waals surface area contributed by atoms with Crippen molar-refractivity contribution < 1.29 is 14.3 Å². The smallest absolute Gasteiger partial charge is 0.325 e. The van der Waals surface area contributed by atoms with Gasteiger partial charge in [-0.05, 0) is 68.0 Å². The Hall–Kier alpha value is -3.09. The summed E-state index contributed by atoms with van der Waals surface area (Å²) in [6, 6.07) is 7.59. The molecule has 0 unspecified atom stereocenters. The minimum Gasteiger partial charge on any atom is -0.497 e. The van der Waals surface area contributed by atoms with Crippen molar-refractivity contribution in [3.05, 3.63) is 51.4 Å². The van der Waals surface area contributed by atoms with Crippen LogP contribution in [0.15, 0.2) is 29.1 Å². The van der Waals surface area contributed by atoms with Gasteiger partial charge in [0.05, 0.1) is 14.2 Å². The van der Waals surface area contributed by atoms with Crippen molar-refractivity contribution in [1.82, 2.24) is 14.2 Å². The molecule has 1 aromatic carbocycles. The Morgan fingerprint density at radius 1 is 1.13 bits per heavy atom. The van der Waals surface area contributed by atoms with Gasteiger partial charge in [0.15, 0.2) is 5.82 Å². The van der Waals surface area contributed by atoms with Gasteiger partial charge in [-0.15, -0.1) is 5.10 Å². The van der Waals surface area contributed by atoms with Gasteiger partial charge in [0.25, 0.3) is 5.56 Å².